The van der Waals surface area contributed by atoms with Crippen molar-refractivity contribution >= 4 is 17.3 Å². The minimum Gasteiger partial charge on any atom is -0.495 e. The van der Waals surface area contributed by atoms with Crippen LogP contribution in [-0.4, -0.2) is 79.2 Å². The number of nitrogens with zero attached hydrogens (tertiary/aromatic N) is 5. The van der Waals surface area contributed by atoms with Crippen molar-refractivity contribution < 1.29 is 22.6 Å². The summed E-state index contributed by atoms with van der Waals surface area (Å²) in [4.78, 5) is 15.8. The number of piperazine rings is 1. The van der Waals surface area contributed by atoms with E-state index in [0.29, 0.717) is 12.0 Å². The lowest BCUT2D eigenvalue weighted by molar-refractivity contribution is 0.0981. The van der Waals surface area contributed by atoms with Crippen LogP contribution in [0, 0.1) is 17.5 Å². The Balaban J connectivity index is 1.17. The van der Waals surface area contributed by atoms with Gasteiger partial charge in [-0.15, -0.1) is 0 Å². The molecule has 2 aliphatic heterocycles. The SMILES string of the molecule is COc1cc(Nc2ncc(OCc3c(F)ccc(F)c3F)cn2)ccc1N1CCC(N2CCN(C)CC2)CC1. The number of aromatic nitrogens is 2. The van der Waals surface area contributed by atoms with Gasteiger partial charge >= 0.3 is 0 Å². The number of likely N-dealkylation sites (N-methyl/N-ethyl adjacent to an activating group) is 1. The van der Waals surface area contributed by atoms with Gasteiger partial charge in [-0.2, -0.15) is 0 Å². The molecular weight excluding hydrogens is 509 g/mol. The molecule has 11 heteroatoms. The highest BCUT2D eigenvalue weighted by Crippen LogP contribution is 2.34. The van der Waals surface area contributed by atoms with Gasteiger partial charge < -0.3 is 24.6 Å². The number of anilines is 3. The molecule has 5 rings (SSSR count). The minimum absolute atomic E-state index is 0.191. The smallest absolute Gasteiger partial charge is 0.227 e. The van der Waals surface area contributed by atoms with E-state index < -0.39 is 29.6 Å². The summed E-state index contributed by atoms with van der Waals surface area (Å²) in [6.45, 7) is 6.03. The molecule has 2 fully saturated rings. The predicted octanol–water partition coefficient (Wildman–Crippen LogP) is 4.44. The second-order valence-corrected chi connectivity index (χ2v) is 9.92. The topological polar surface area (TPSA) is 66.0 Å². The second kappa shape index (κ2) is 12.1. The van der Waals surface area contributed by atoms with Gasteiger partial charge in [0.25, 0.3) is 0 Å². The summed E-state index contributed by atoms with van der Waals surface area (Å²) in [6, 6.07) is 8.13. The quantitative estimate of drug-likeness (QED) is 0.419. The summed E-state index contributed by atoms with van der Waals surface area (Å²) in [7, 11) is 3.84. The maximum Gasteiger partial charge on any atom is 0.227 e. The third-order valence-electron chi connectivity index (χ3n) is 7.45. The van der Waals surface area contributed by atoms with Crippen LogP contribution < -0.4 is 19.7 Å². The number of benzene rings is 2. The normalized spacial score (nSPS) is 17.3. The molecule has 2 aromatic carbocycles. The van der Waals surface area contributed by atoms with E-state index in [4.69, 9.17) is 9.47 Å². The van der Waals surface area contributed by atoms with E-state index in [-0.39, 0.29) is 5.75 Å². The molecule has 2 saturated heterocycles. The van der Waals surface area contributed by atoms with Gasteiger partial charge in [0.15, 0.2) is 17.4 Å². The molecule has 1 N–H and O–H groups in total. The van der Waals surface area contributed by atoms with E-state index >= 15 is 0 Å². The Labute approximate surface area is 226 Å². The van der Waals surface area contributed by atoms with E-state index in [1.54, 1.807) is 7.11 Å². The number of ether oxygens (including phenoxy) is 2. The molecule has 0 spiro atoms. The van der Waals surface area contributed by atoms with Crippen LogP contribution in [0.4, 0.5) is 30.5 Å². The van der Waals surface area contributed by atoms with E-state index in [9.17, 15) is 13.2 Å². The van der Waals surface area contributed by atoms with Crippen molar-refractivity contribution in [1.82, 2.24) is 19.8 Å². The third-order valence-corrected chi connectivity index (χ3v) is 7.45. The first-order chi connectivity index (χ1) is 18.9. The Morgan fingerprint density at radius 3 is 2.31 bits per heavy atom. The molecule has 2 aliphatic rings. The zero-order valence-electron chi connectivity index (χ0n) is 22.2. The Morgan fingerprint density at radius 1 is 0.923 bits per heavy atom. The largest absolute Gasteiger partial charge is 0.495 e. The van der Waals surface area contributed by atoms with Crippen molar-refractivity contribution in [3.8, 4) is 11.5 Å². The average molecular weight is 543 g/mol. The lowest BCUT2D eigenvalue weighted by Crippen LogP contribution is -2.52. The van der Waals surface area contributed by atoms with Crippen LogP contribution in [-0.2, 0) is 6.61 Å². The molecular formula is C28H33F3N6O2. The van der Waals surface area contributed by atoms with Gasteiger partial charge in [-0.05, 0) is 44.2 Å². The monoisotopic (exact) mass is 542 g/mol. The van der Waals surface area contributed by atoms with Crippen LogP contribution in [0.5, 0.6) is 11.5 Å². The van der Waals surface area contributed by atoms with Gasteiger partial charge in [-0.3, -0.25) is 4.90 Å². The van der Waals surface area contributed by atoms with Gasteiger partial charge in [0.1, 0.15) is 18.2 Å². The van der Waals surface area contributed by atoms with Crippen molar-refractivity contribution in [3.63, 3.8) is 0 Å². The number of hydrogen-bond donors (Lipinski definition) is 1. The Kier molecular flexibility index (Phi) is 8.37. The third kappa shape index (κ3) is 6.36. The molecule has 8 nitrogen and oxygen atoms in total. The number of piperidine rings is 1. The summed E-state index contributed by atoms with van der Waals surface area (Å²) < 4.78 is 52.1. The maximum atomic E-state index is 13.8. The van der Waals surface area contributed by atoms with Crippen LogP contribution in [0.1, 0.15) is 18.4 Å². The number of halogens is 3. The number of nitrogens with one attached hydrogen (secondary N) is 1. The highest BCUT2D eigenvalue weighted by atomic mass is 19.2. The van der Waals surface area contributed by atoms with Crippen molar-refractivity contribution in [1.29, 1.82) is 0 Å². The standard InChI is InChI=1S/C28H33F3N6O2/c1-35-11-13-36(14-12-35)20-7-9-37(10-8-20)25-6-3-19(15-26(25)38-2)34-28-32-16-21(17-33-28)39-18-22-23(29)4-5-24(30)27(22)31/h3-6,15-17,20H,7-14,18H2,1-2H3,(H,32,33,34). The summed E-state index contributed by atoms with van der Waals surface area (Å²) in [5.74, 6) is -2.03. The fourth-order valence-corrected chi connectivity index (χ4v) is 5.12. The molecule has 0 atom stereocenters. The molecule has 1 aromatic heterocycles. The summed E-state index contributed by atoms with van der Waals surface area (Å²) in [5, 5.41) is 3.13. The fraction of sp³-hybridized carbons (Fsp3) is 0.429. The van der Waals surface area contributed by atoms with Crippen LogP contribution in [0.3, 0.4) is 0 Å². The van der Waals surface area contributed by atoms with E-state index in [2.05, 4.69) is 37.0 Å². The highest BCUT2D eigenvalue weighted by molar-refractivity contribution is 5.67. The molecule has 0 bridgehead atoms. The van der Waals surface area contributed by atoms with Gasteiger partial charge in [-0.25, -0.2) is 23.1 Å². The summed E-state index contributed by atoms with van der Waals surface area (Å²) in [6.07, 6.45) is 5.02. The molecule has 208 valence electrons. The first-order valence-electron chi connectivity index (χ1n) is 13.1. The van der Waals surface area contributed by atoms with E-state index in [1.807, 2.05) is 18.2 Å². The van der Waals surface area contributed by atoms with Crippen molar-refractivity contribution in [2.75, 3.05) is 63.6 Å². The van der Waals surface area contributed by atoms with E-state index in [1.165, 1.54) is 12.4 Å². The highest BCUT2D eigenvalue weighted by Gasteiger charge is 2.27. The van der Waals surface area contributed by atoms with Crippen LogP contribution >= 0.6 is 0 Å². The fourth-order valence-electron chi connectivity index (χ4n) is 5.12. The number of rotatable bonds is 8. The average Bonchev–Trinajstić information content (AvgIpc) is 2.96. The van der Waals surface area contributed by atoms with Crippen LogP contribution in [0.15, 0.2) is 42.7 Å². The predicted molar refractivity (Wildman–Crippen MR) is 143 cm³/mol. The molecule has 0 aliphatic carbocycles. The molecule has 39 heavy (non-hydrogen) atoms. The summed E-state index contributed by atoms with van der Waals surface area (Å²) >= 11 is 0. The number of hydrogen-bond acceptors (Lipinski definition) is 8. The lowest BCUT2D eigenvalue weighted by atomic mass is 10.0. The van der Waals surface area contributed by atoms with Gasteiger partial charge in [0.2, 0.25) is 5.95 Å². The maximum absolute atomic E-state index is 13.8. The second-order valence-electron chi connectivity index (χ2n) is 9.92. The molecule has 3 heterocycles. The Bertz CT molecular complexity index is 1260. The molecule has 0 amide bonds. The number of methoxy groups -OCH3 is 1. The van der Waals surface area contributed by atoms with E-state index in [0.717, 1.165) is 81.4 Å². The van der Waals surface area contributed by atoms with Gasteiger partial charge in [0, 0.05) is 57.1 Å². The zero-order valence-corrected chi connectivity index (χ0v) is 22.2. The molecule has 0 unspecified atom stereocenters. The van der Waals surface area contributed by atoms with Gasteiger partial charge in [-0.1, -0.05) is 0 Å². The van der Waals surface area contributed by atoms with Crippen molar-refractivity contribution in [2.24, 2.45) is 0 Å². The first-order valence-corrected chi connectivity index (χ1v) is 13.1. The molecule has 3 aromatic rings. The van der Waals surface area contributed by atoms with Crippen LogP contribution in [0.25, 0.3) is 0 Å². The summed E-state index contributed by atoms with van der Waals surface area (Å²) in [5.41, 5.74) is 1.31. The molecule has 0 saturated carbocycles. The molecule has 0 radical (unpaired) electrons. The minimum atomic E-state index is -1.27. The zero-order chi connectivity index (χ0) is 27.4. The van der Waals surface area contributed by atoms with Crippen LogP contribution in [0.2, 0.25) is 0 Å². The Morgan fingerprint density at radius 2 is 1.62 bits per heavy atom. The van der Waals surface area contributed by atoms with Crippen molar-refractivity contribution in [2.45, 2.75) is 25.5 Å². The first kappa shape index (κ1) is 27.0. The lowest BCUT2D eigenvalue weighted by Gasteiger charge is -2.42. The Hall–Kier alpha value is -3.57. The van der Waals surface area contributed by atoms with Gasteiger partial charge in [0.05, 0.1) is 30.8 Å². The van der Waals surface area contributed by atoms with Crippen molar-refractivity contribution in [3.05, 3.63) is 65.7 Å².